The molecule has 0 spiro atoms. The predicted octanol–water partition coefficient (Wildman–Crippen LogP) is 2.21. The van der Waals surface area contributed by atoms with Crippen LogP contribution in [0.2, 0.25) is 0 Å². The van der Waals surface area contributed by atoms with Gasteiger partial charge in [-0.15, -0.1) is 0 Å². The van der Waals surface area contributed by atoms with Crippen LogP contribution in [0.15, 0.2) is 6.07 Å². The van der Waals surface area contributed by atoms with Gasteiger partial charge in [-0.3, -0.25) is 0 Å². The first-order valence-corrected chi connectivity index (χ1v) is 7.71. The number of hydrogen-bond acceptors (Lipinski definition) is 5. The van der Waals surface area contributed by atoms with Gasteiger partial charge in [-0.1, -0.05) is 6.92 Å². The van der Waals surface area contributed by atoms with Gasteiger partial charge in [0.25, 0.3) is 0 Å². The maximum atomic E-state index is 9.03. The summed E-state index contributed by atoms with van der Waals surface area (Å²) in [5.41, 5.74) is 0. The minimum Gasteiger partial charge on any atom is -0.396 e. The summed E-state index contributed by atoms with van der Waals surface area (Å²) < 4.78 is 0. The zero-order valence-electron chi connectivity index (χ0n) is 12.6. The largest absolute Gasteiger partial charge is 0.396 e. The highest BCUT2D eigenvalue weighted by molar-refractivity contribution is 5.50. The average molecular weight is 278 g/mol. The molecule has 1 aromatic heterocycles. The highest BCUT2D eigenvalue weighted by Crippen LogP contribution is 2.28. The van der Waals surface area contributed by atoms with Crippen LogP contribution in [0.25, 0.3) is 0 Å². The lowest BCUT2D eigenvalue weighted by Gasteiger charge is -2.26. The van der Waals surface area contributed by atoms with Crippen molar-refractivity contribution in [1.29, 1.82) is 0 Å². The van der Waals surface area contributed by atoms with Gasteiger partial charge in [0.1, 0.15) is 17.5 Å². The van der Waals surface area contributed by atoms with E-state index in [4.69, 9.17) is 10.1 Å². The van der Waals surface area contributed by atoms with Crippen molar-refractivity contribution in [3.05, 3.63) is 11.9 Å². The summed E-state index contributed by atoms with van der Waals surface area (Å²) >= 11 is 0. The molecule has 0 aromatic carbocycles. The number of aromatic nitrogens is 2. The number of anilines is 2. The van der Waals surface area contributed by atoms with Gasteiger partial charge in [-0.05, 0) is 32.1 Å². The maximum absolute atomic E-state index is 9.03. The molecule has 112 valence electrons. The highest BCUT2D eigenvalue weighted by atomic mass is 16.2. The van der Waals surface area contributed by atoms with Gasteiger partial charge in [-0.25, -0.2) is 9.97 Å². The molecular formula is C15H26N4O. The summed E-state index contributed by atoms with van der Waals surface area (Å²) in [6.07, 6.45) is 6.28. The molecule has 2 rings (SSSR count). The number of nitrogens with one attached hydrogen (secondary N) is 1. The molecule has 1 atom stereocenters. The van der Waals surface area contributed by atoms with Crippen molar-refractivity contribution >= 4 is 11.6 Å². The van der Waals surface area contributed by atoms with Crippen molar-refractivity contribution in [1.82, 2.24) is 9.97 Å². The molecule has 2 heterocycles. The second-order valence-corrected chi connectivity index (χ2v) is 5.38. The van der Waals surface area contributed by atoms with Crippen molar-refractivity contribution in [2.75, 3.05) is 30.4 Å². The molecule has 5 heteroatoms. The fourth-order valence-electron chi connectivity index (χ4n) is 2.86. The van der Waals surface area contributed by atoms with E-state index in [1.54, 1.807) is 0 Å². The van der Waals surface area contributed by atoms with E-state index in [0.29, 0.717) is 6.04 Å². The van der Waals surface area contributed by atoms with Crippen molar-refractivity contribution in [3.63, 3.8) is 0 Å². The second kappa shape index (κ2) is 7.43. The van der Waals surface area contributed by atoms with Crippen LogP contribution >= 0.6 is 0 Å². The van der Waals surface area contributed by atoms with Crippen LogP contribution in [0.5, 0.6) is 0 Å². The summed E-state index contributed by atoms with van der Waals surface area (Å²) in [5.74, 6) is 2.85. The zero-order chi connectivity index (χ0) is 14.4. The van der Waals surface area contributed by atoms with Crippen LogP contribution in [-0.4, -0.2) is 41.3 Å². The van der Waals surface area contributed by atoms with E-state index in [1.807, 2.05) is 13.1 Å². The molecule has 0 aliphatic carbocycles. The third kappa shape index (κ3) is 3.60. The minimum atomic E-state index is 0.275. The van der Waals surface area contributed by atoms with E-state index in [1.165, 1.54) is 12.8 Å². The summed E-state index contributed by atoms with van der Waals surface area (Å²) in [7, 11) is 1.90. The Balaban J connectivity index is 2.19. The number of aliphatic hydroxyl groups is 1. The number of aryl methyl sites for hydroxylation is 1. The van der Waals surface area contributed by atoms with E-state index < -0.39 is 0 Å². The summed E-state index contributed by atoms with van der Waals surface area (Å²) in [4.78, 5) is 11.6. The van der Waals surface area contributed by atoms with Crippen LogP contribution in [0.4, 0.5) is 11.6 Å². The van der Waals surface area contributed by atoms with Gasteiger partial charge in [0.05, 0.1) is 0 Å². The standard InChI is InChI=1S/C15H26N4O/c1-3-6-13-17-14(16-2)11-15(18-13)19-9-4-7-12(19)8-5-10-20/h11-12,20H,3-10H2,1-2H3,(H,16,17,18). The van der Waals surface area contributed by atoms with Crippen LogP contribution in [-0.2, 0) is 6.42 Å². The fraction of sp³-hybridized carbons (Fsp3) is 0.733. The Morgan fingerprint density at radius 3 is 3.00 bits per heavy atom. The van der Waals surface area contributed by atoms with Gasteiger partial charge in [0.2, 0.25) is 0 Å². The highest BCUT2D eigenvalue weighted by Gasteiger charge is 2.25. The Kier molecular flexibility index (Phi) is 5.59. The van der Waals surface area contributed by atoms with Crippen molar-refractivity contribution in [3.8, 4) is 0 Å². The third-order valence-corrected chi connectivity index (χ3v) is 3.86. The fourth-order valence-corrected chi connectivity index (χ4v) is 2.86. The SMILES string of the molecule is CCCc1nc(NC)cc(N2CCCC2CCCO)n1. The second-order valence-electron chi connectivity index (χ2n) is 5.38. The molecule has 0 saturated carbocycles. The molecule has 1 saturated heterocycles. The molecular weight excluding hydrogens is 252 g/mol. The molecule has 5 nitrogen and oxygen atoms in total. The smallest absolute Gasteiger partial charge is 0.134 e. The van der Waals surface area contributed by atoms with Crippen LogP contribution in [0.1, 0.15) is 44.9 Å². The Labute approximate surface area is 121 Å². The number of hydrogen-bond donors (Lipinski definition) is 2. The van der Waals surface area contributed by atoms with Crippen molar-refractivity contribution in [2.24, 2.45) is 0 Å². The van der Waals surface area contributed by atoms with Crippen LogP contribution in [0.3, 0.4) is 0 Å². The van der Waals surface area contributed by atoms with Crippen molar-refractivity contribution in [2.45, 2.75) is 51.5 Å². The Hall–Kier alpha value is -1.36. The van der Waals surface area contributed by atoms with Gasteiger partial charge < -0.3 is 15.3 Å². The van der Waals surface area contributed by atoms with E-state index in [0.717, 1.165) is 49.7 Å². The average Bonchev–Trinajstić information content (AvgIpc) is 2.93. The molecule has 0 amide bonds. The van der Waals surface area contributed by atoms with Crippen molar-refractivity contribution < 1.29 is 5.11 Å². The monoisotopic (exact) mass is 278 g/mol. The molecule has 0 radical (unpaired) electrons. The Bertz CT molecular complexity index is 424. The first kappa shape index (κ1) is 15.0. The molecule has 20 heavy (non-hydrogen) atoms. The first-order valence-electron chi connectivity index (χ1n) is 7.71. The van der Waals surface area contributed by atoms with Gasteiger partial charge in [-0.2, -0.15) is 0 Å². The number of rotatable bonds is 7. The minimum absolute atomic E-state index is 0.275. The normalized spacial score (nSPS) is 18.6. The topological polar surface area (TPSA) is 61.3 Å². The Morgan fingerprint density at radius 1 is 1.45 bits per heavy atom. The molecule has 1 aromatic rings. The van der Waals surface area contributed by atoms with Crippen LogP contribution in [0, 0.1) is 0 Å². The summed E-state index contributed by atoms with van der Waals surface area (Å²) in [6, 6.07) is 2.55. The lowest BCUT2D eigenvalue weighted by molar-refractivity contribution is 0.279. The lowest BCUT2D eigenvalue weighted by atomic mass is 10.1. The molecule has 1 fully saturated rings. The molecule has 1 aliphatic rings. The van der Waals surface area contributed by atoms with Crippen LogP contribution < -0.4 is 10.2 Å². The summed E-state index contributed by atoms with van der Waals surface area (Å²) in [6.45, 7) is 3.48. The quantitative estimate of drug-likeness (QED) is 0.801. The van der Waals surface area contributed by atoms with E-state index >= 15 is 0 Å². The Morgan fingerprint density at radius 2 is 2.30 bits per heavy atom. The third-order valence-electron chi connectivity index (χ3n) is 3.86. The number of nitrogens with zero attached hydrogens (tertiary/aromatic N) is 3. The maximum Gasteiger partial charge on any atom is 0.134 e. The van der Waals surface area contributed by atoms with E-state index in [2.05, 4.69) is 22.1 Å². The predicted molar refractivity (Wildman–Crippen MR) is 82.3 cm³/mol. The van der Waals surface area contributed by atoms with E-state index in [9.17, 15) is 0 Å². The molecule has 0 bridgehead atoms. The van der Waals surface area contributed by atoms with Gasteiger partial charge in [0, 0.05) is 38.7 Å². The van der Waals surface area contributed by atoms with E-state index in [-0.39, 0.29) is 6.61 Å². The first-order chi connectivity index (χ1) is 9.78. The lowest BCUT2D eigenvalue weighted by Crippen LogP contribution is -2.30. The molecule has 1 unspecified atom stereocenters. The summed E-state index contributed by atoms with van der Waals surface area (Å²) in [5, 5.41) is 12.2. The van der Waals surface area contributed by atoms with Gasteiger partial charge >= 0.3 is 0 Å². The zero-order valence-corrected chi connectivity index (χ0v) is 12.6. The number of aliphatic hydroxyl groups excluding tert-OH is 1. The van der Waals surface area contributed by atoms with Gasteiger partial charge in [0.15, 0.2) is 0 Å². The molecule has 1 aliphatic heterocycles. The molecule has 2 N–H and O–H groups in total.